The van der Waals surface area contributed by atoms with Gasteiger partial charge in [-0.15, -0.1) is 0 Å². The van der Waals surface area contributed by atoms with Crippen LogP contribution in [0.3, 0.4) is 0 Å². The highest BCUT2D eigenvalue weighted by Gasteiger charge is 2.16. The lowest BCUT2D eigenvalue weighted by molar-refractivity contribution is 0.489. The zero-order valence-corrected chi connectivity index (χ0v) is 10.5. The molecule has 0 unspecified atom stereocenters. The predicted octanol–water partition coefficient (Wildman–Crippen LogP) is 2.00. The highest BCUT2D eigenvalue weighted by Crippen LogP contribution is 2.26. The molecule has 0 atom stereocenters. The van der Waals surface area contributed by atoms with Gasteiger partial charge in [-0.05, 0) is 36.7 Å². The van der Waals surface area contributed by atoms with Crippen molar-refractivity contribution < 1.29 is 0 Å². The third-order valence-electron chi connectivity index (χ3n) is 3.30. The molecule has 0 saturated carbocycles. The summed E-state index contributed by atoms with van der Waals surface area (Å²) >= 11 is 2.06. The summed E-state index contributed by atoms with van der Waals surface area (Å²) in [5, 5.41) is 4.31. The van der Waals surface area contributed by atoms with Gasteiger partial charge in [0.05, 0.1) is 24.3 Å². The molecule has 1 fully saturated rings. The number of anilines is 1. The van der Waals surface area contributed by atoms with E-state index >= 15 is 0 Å². The van der Waals surface area contributed by atoms with Gasteiger partial charge in [0.1, 0.15) is 0 Å². The average molecular weight is 248 g/mol. The Hall–Kier alpha value is -1.23. The molecule has 0 bridgehead atoms. The Morgan fingerprint density at radius 3 is 3.00 bits per heavy atom. The third-order valence-corrected chi connectivity index (χ3v) is 4.35. The predicted molar refractivity (Wildman–Crippen MR) is 71.2 cm³/mol. The molecule has 5 heteroatoms. The van der Waals surface area contributed by atoms with Crippen molar-refractivity contribution in [2.45, 2.75) is 19.3 Å². The second-order valence-corrected chi connectivity index (χ2v) is 5.81. The van der Waals surface area contributed by atoms with Crippen LogP contribution in [0.2, 0.25) is 0 Å². The lowest BCUT2D eigenvalue weighted by Gasteiger charge is -2.20. The van der Waals surface area contributed by atoms with E-state index in [2.05, 4.69) is 21.8 Å². The Morgan fingerprint density at radius 2 is 2.18 bits per heavy atom. The SMILES string of the molecule is Nc1cnc2c(CC3CCSCC3)cnn2c1. The summed E-state index contributed by atoms with van der Waals surface area (Å²) in [6.45, 7) is 0. The number of rotatable bonds is 2. The smallest absolute Gasteiger partial charge is 0.158 e. The number of aromatic nitrogens is 3. The van der Waals surface area contributed by atoms with E-state index in [0.717, 1.165) is 18.0 Å². The molecule has 17 heavy (non-hydrogen) atoms. The first-order valence-corrected chi connectivity index (χ1v) is 7.14. The monoisotopic (exact) mass is 248 g/mol. The Kier molecular flexibility index (Phi) is 2.93. The standard InChI is InChI=1S/C12H16N4S/c13-11-7-14-12-10(6-15-16(12)8-11)5-9-1-3-17-4-2-9/h6-9H,1-5,13H2. The summed E-state index contributed by atoms with van der Waals surface area (Å²) in [5.74, 6) is 3.39. The first-order valence-electron chi connectivity index (χ1n) is 5.98. The molecule has 1 aliphatic heterocycles. The van der Waals surface area contributed by atoms with Crippen LogP contribution in [0.5, 0.6) is 0 Å². The van der Waals surface area contributed by atoms with E-state index < -0.39 is 0 Å². The zero-order chi connectivity index (χ0) is 11.7. The largest absolute Gasteiger partial charge is 0.396 e. The molecule has 0 amide bonds. The number of thioether (sulfide) groups is 1. The van der Waals surface area contributed by atoms with Gasteiger partial charge in [-0.25, -0.2) is 9.50 Å². The van der Waals surface area contributed by atoms with Crippen molar-refractivity contribution in [2.75, 3.05) is 17.2 Å². The van der Waals surface area contributed by atoms with E-state index in [1.165, 1.54) is 29.9 Å². The zero-order valence-electron chi connectivity index (χ0n) is 9.67. The maximum atomic E-state index is 5.69. The normalized spacial score (nSPS) is 17.6. The van der Waals surface area contributed by atoms with Gasteiger partial charge in [-0.3, -0.25) is 0 Å². The van der Waals surface area contributed by atoms with Crippen LogP contribution in [-0.4, -0.2) is 26.1 Å². The molecule has 1 saturated heterocycles. The lowest BCUT2D eigenvalue weighted by atomic mass is 9.95. The third kappa shape index (κ3) is 2.24. The molecule has 0 aromatic carbocycles. The quantitative estimate of drug-likeness (QED) is 0.883. The topological polar surface area (TPSA) is 56.2 Å². The van der Waals surface area contributed by atoms with Gasteiger partial charge in [0.15, 0.2) is 5.65 Å². The summed E-state index contributed by atoms with van der Waals surface area (Å²) in [6.07, 6.45) is 9.19. The van der Waals surface area contributed by atoms with Gasteiger partial charge in [-0.2, -0.15) is 16.9 Å². The molecular formula is C12H16N4S. The maximum absolute atomic E-state index is 5.69. The molecular weight excluding hydrogens is 232 g/mol. The van der Waals surface area contributed by atoms with Gasteiger partial charge in [0.25, 0.3) is 0 Å². The van der Waals surface area contributed by atoms with E-state index in [0.29, 0.717) is 5.69 Å². The molecule has 2 N–H and O–H groups in total. The summed E-state index contributed by atoms with van der Waals surface area (Å²) in [7, 11) is 0. The Labute approximate surface area is 105 Å². The molecule has 0 radical (unpaired) electrons. The fourth-order valence-corrected chi connectivity index (χ4v) is 3.55. The van der Waals surface area contributed by atoms with Gasteiger partial charge in [0, 0.05) is 5.56 Å². The number of nitrogens with zero attached hydrogens (tertiary/aromatic N) is 3. The van der Waals surface area contributed by atoms with E-state index in [1.807, 2.05) is 12.4 Å². The van der Waals surface area contributed by atoms with E-state index in [9.17, 15) is 0 Å². The second-order valence-electron chi connectivity index (χ2n) is 4.59. The summed E-state index contributed by atoms with van der Waals surface area (Å²) in [5.41, 5.74) is 8.55. The van der Waals surface area contributed by atoms with Crippen LogP contribution in [0, 0.1) is 5.92 Å². The fourth-order valence-electron chi connectivity index (χ4n) is 2.34. The van der Waals surface area contributed by atoms with Crippen molar-refractivity contribution >= 4 is 23.1 Å². The van der Waals surface area contributed by atoms with Gasteiger partial charge in [-0.1, -0.05) is 0 Å². The molecule has 90 valence electrons. The average Bonchev–Trinajstić information content (AvgIpc) is 2.73. The molecule has 4 nitrogen and oxygen atoms in total. The number of nitrogens with two attached hydrogens (primary N) is 1. The Balaban J connectivity index is 1.84. The van der Waals surface area contributed by atoms with Crippen molar-refractivity contribution in [3.05, 3.63) is 24.2 Å². The van der Waals surface area contributed by atoms with Crippen molar-refractivity contribution in [3.63, 3.8) is 0 Å². The minimum atomic E-state index is 0.654. The minimum absolute atomic E-state index is 0.654. The minimum Gasteiger partial charge on any atom is -0.396 e. The van der Waals surface area contributed by atoms with Gasteiger partial charge >= 0.3 is 0 Å². The lowest BCUT2D eigenvalue weighted by Crippen LogP contribution is -2.12. The van der Waals surface area contributed by atoms with Crippen LogP contribution in [0.4, 0.5) is 5.69 Å². The van der Waals surface area contributed by atoms with E-state index in [4.69, 9.17) is 5.73 Å². The Bertz CT molecular complexity index is 516. The highest BCUT2D eigenvalue weighted by atomic mass is 32.2. The maximum Gasteiger partial charge on any atom is 0.158 e. The van der Waals surface area contributed by atoms with Crippen molar-refractivity contribution in [2.24, 2.45) is 5.92 Å². The fraction of sp³-hybridized carbons (Fsp3) is 0.500. The highest BCUT2D eigenvalue weighted by molar-refractivity contribution is 7.99. The number of fused-ring (bicyclic) bond motifs is 1. The van der Waals surface area contributed by atoms with E-state index in [1.54, 1.807) is 10.7 Å². The summed E-state index contributed by atoms with van der Waals surface area (Å²) < 4.78 is 1.78. The molecule has 2 aromatic heterocycles. The second kappa shape index (κ2) is 4.56. The number of hydrogen-bond acceptors (Lipinski definition) is 4. The van der Waals surface area contributed by atoms with Crippen LogP contribution < -0.4 is 5.73 Å². The molecule has 0 spiro atoms. The first-order chi connectivity index (χ1) is 8.33. The van der Waals surface area contributed by atoms with Crippen LogP contribution in [0.1, 0.15) is 18.4 Å². The van der Waals surface area contributed by atoms with Crippen LogP contribution in [0.25, 0.3) is 5.65 Å². The van der Waals surface area contributed by atoms with Crippen molar-refractivity contribution in [1.82, 2.24) is 14.6 Å². The Morgan fingerprint density at radius 1 is 1.35 bits per heavy atom. The first kappa shape index (κ1) is 10.9. The molecule has 0 aliphatic carbocycles. The van der Waals surface area contributed by atoms with Crippen LogP contribution >= 0.6 is 11.8 Å². The van der Waals surface area contributed by atoms with E-state index in [-0.39, 0.29) is 0 Å². The number of hydrogen-bond donors (Lipinski definition) is 1. The van der Waals surface area contributed by atoms with Gasteiger partial charge < -0.3 is 5.73 Å². The van der Waals surface area contributed by atoms with Gasteiger partial charge in [0.2, 0.25) is 0 Å². The summed E-state index contributed by atoms with van der Waals surface area (Å²) in [4.78, 5) is 4.38. The van der Waals surface area contributed by atoms with Crippen molar-refractivity contribution in [3.8, 4) is 0 Å². The molecule has 3 heterocycles. The van der Waals surface area contributed by atoms with Crippen molar-refractivity contribution in [1.29, 1.82) is 0 Å². The summed E-state index contributed by atoms with van der Waals surface area (Å²) in [6, 6.07) is 0. The molecule has 2 aromatic rings. The number of nitrogen functional groups attached to an aromatic ring is 1. The molecule has 1 aliphatic rings. The van der Waals surface area contributed by atoms with Crippen LogP contribution in [0.15, 0.2) is 18.6 Å². The van der Waals surface area contributed by atoms with Crippen LogP contribution in [-0.2, 0) is 6.42 Å². The molecule has 3 rings (SSSR count).